The maximum absolute atomic E-state index is 11.7. The fraction of sp³-hybridized carbons (Fsp3) is 0.429. The Bertz CT molecular complexity index is 425. The molecule has 0 saturated heterocycles. The third kappa shape index (κ3) is 2.54. The van der Waals surface area contributed by atoms with E-state index in [1.807, 2.05) is 0 Å². The second-order valence-electron chi connectivity index (χ2n) is 2.77. The molecule has 0 aromatic carbocycles. The summed E-state index contributed by atoms with van der Waals surface area (Å²) in [6, 6.07) is 0. The third-order valence-corrected chi connectivity index (χ3v) is 3.53. The highest BCUT2D eigenvalue weighted by Gasteiger charge is 2.23. The van der Waals surface area contributed by atoms with Crippen LogP contribution in [-0.2, 0) is 19.6 Å². The van der Waals surface area contributed by atoms with Crippen LogP contribution < -0.4 is 0 Å². The molecular formula is C7H11N3O4S. The third-order valence-electron chi connectivity index (χ3n) is 1.76. The summed E-state index contributed by atoms with van der Waals surface area (Å²) < 4.78 is 28.7. The number of rotatable bonds is 4. The van der Waals surface area contributed by atoms with E-state index in [-0.39, 0.29) is 11.4 Å². The van der Waals surface area contributed by atoms with E-state index in [4.69, 9.17) is 0 Å². The van der Waals surface area contributed by atoms with Gasteiger partial charge < -0.3 is 4.74 Å². The van der Waals surface area contributed by atoms with E-state index < -0.39 is 16.0 Å². The van der Waals surface area contributed by atoms with E-state index in [0.29, 0.717) is 0 Å². The summed E-state index contributed by atoms with van der Waals surface area (Å²) in [5.74, 6) is -0.621. The minimum atomic E-state index is -3.66. The summed E-state index contributed by atoms with van der Waals surface area (Å²) in [4.78, 5) is 10.9. The highest BCUT2D eigenvalue weighted by Crippen LogP contribution is 2.11. The first-order chi connectivity index (χ1) is 6.98. The van der Waals surface area contributed by atoms with Crippen molar-refractivity contribution in [2.45, 2.75) is 4.90 Å². The zero-order chi connectivity index (χ0) is 11.5. The highest BCUT2D eigenvalue weighted by atomic mass is 32.2. The van der Waals surface area contributed by atoms with Crippen LogP contribution in [-0.4, -0.2) is 49.6 Å². The fourth-order valence-corrected chi connectivity index (χ4v) is 1.91. The first-order valence-electron chi connectivity index (χ1n) is 4.00. The van der Waals surface area contributed by atoms with Crippen molar-refractivity contribution in [2.24, 2.45) is 0 Å². The molecule has 0 spiro atoms. The van der Waals surface area contributed by atoms with E-state index in [1.54, 1.807) is 0 Å². The largest absolute Gasteiger partial charge is 0.468 e. The number of nitrogens with zero attached hydrogens (tertiary/aromatic N) is 2. The van der Waals surface area contributed by atoms with Crippen molar-refractivity contribution >= 4 is 16.0 Å². The van der Waals surface area contributed by atoms with Crippen LogP contribution >= 0.6 is 0 Å². The van der Waals surface area contributed by atoms with Gasteiger partial charge in [-0.3, -0.25) is 9.89 Å². The van der Waals surface area contributed by atoms with Gasteiger partial charge in [0.15, 0.2) is 0 Å². The zero-order valence-electron chi connectivity index (χ0n) is 8.30. The summed E-state index contributed by atoms with van der Waals surface area (Å²) >= 11 is 0. The molecule has 0 fully saturated rings. The molecule has 0 atom stereocenters. The molecule has 1 aromatic rings. The molecule has 1 aromatic heterocycles. The lowest BCUT2D eigenvalue weighted by atomic mass is 10.7. The Morgan fingerprint density at radius 2 is 2.33 bits per heavy atom. The predicted molar refractivity (Wildman–Crippen MR) is 50.4 cm³/mol. The molecule has 0 bridgehead atoms. The molecule has 84 valence electrons. The highest BCUT2D eigenvalue weighted by molar-refractivity contribution is 7.89. The summed E-state index contributed by atoms with van der Waals surface area (Å²) in [6.07, 6.45) is 2.41. The molecule has 1 heterocycles. The average Bonchev–Trinajstić information content (AvgIpc) is 2.70. The van der Waals surface area contributed by atoms with Crippen LogP contribution in [0.2, 0.25) is 0 Å². The standard InChI is InChI=1S/C7H11N3O4S/c1-10(5-7(11)14-2)15(12,13)6-3-8-9-4-6/h3-4H,5H2,1-2H3,(H,8,9). The van der Waals surface area contributed by atoms with Gasteiger partial charge in [-0.25, -0.2) is 8.42 Å². The van der Waals surface area contributed by atoms with Gasteiger partial charge in [0.25, 0.3) is 0 Å². The number of nitrogens with one attached hydrogen (secondary N) is 1. The summed E-state index contributed by atoms with van der Waals surface area (Å²) in [5, 5.41) is 5.91. The number of carbonyl (C=O) groups excluding carboxylic acids is 1. The Morgan fingerprint density at radius 1 is 1.67 bits per heavy atom. The normalized spacial score (nSPS) is 11.7. The molecule has 0 saturated carbocycles. The average molecular weight is 233 g/mol. The monoisotopic (exact) mass is 233 g/mol. The van der Waals surface area contributed by atoms with Crippen molar-refractivity contribution in [3.63, 3.8) is 0 Å². The number of H-pyrrole nitrogens is 1. The minimum absolute atomic E-state index is 0.00824. The van der Waals surface area contributed by atoms with Crippen LogP contribution in [0.15, 0.2) is 17.3 Å². The van der Waals surface area contributed by atoms with Crippen LogP contribution in [0.5, 0.6) is 0 Å². The van der Waals surface area contributed by atoms with Crippen LogP contribution in [0.25, 0.3) is 0 Å². The Balaban J connectivity index is 2.84. The number of methoxy groups -OCH3 is 1. The van der Waals surface area contributed by atoms with Gasteiger partial charge in [-0.05, 0) is 0 Å². The lowest BCUT2D eigenvalue weighted by Gasteiger charge is -2.13. The molecule has 0 aliphatic rings. The summed E-state index contributed by atoms with van der Waals surface area (Å²) in [5.41, 5.74) is 0. The molecular weight excluding hydrogens is 222 g/mol. The van der Waals surface area contributed by atoms with Crippen molar-refractivity contribution < 1.29 is 17.9 Å². The Kier molecular flexibility index (Phi) is 3.43. The van der Waals surface area contributed by atoms with Gasteiger partial charge in [-0.2, -0.15) is 9.40 Å². The van der Waals surface area contributed by atoms with E-state index >= 15 is 0 Å². The Morgan fingerprint density at radius 3 is 2.80 bits per heavy atom. The number of likely N-dealkylation sites (N-methyl/N-ethyl adjacent to an activating group) is 1. The van der Waals surface area contributed by atoms with Gasteiger partial charge in [-0.1, -0.05) is 0 Å². The molecule has 0 aliphatic heterocycles. The SMILES string of the molecule is COC(=O)CN(C)S(=O)(=O)c1cn[nH]c1. The second kappa shape index (κ2) is 4.41. The first-order valence-corrected chi connectivity index (χ1v) is 5.44. The Labute approximate surface area is 87.1 Å². The number of carbonyl (C=O) groups is 1. The van der Waals surface area contributed by atoms with Gasteiger partial charge in [0, 0.05) is 13.2 Å². The summed E-state index contributed by atoms with van der Waals surface area (Å²) in [6.45, 7) is -0.329. The van der Waals surface area contributed by atoms with Crippen LogP contribution in [0.1, 0.15) is 0 Å². The molecule has 1 N–H and O–H groups in total. The first kappa shape index (κ1) is 11.7. The van der Waals surface area contributed by atoms with Crippen molar-refractivity contribution in [1.29, 1.82) is 0 Å². The number of aromatic amines is 1. The molecule has 0 unspecified atom stereocenters. The van der Waals surface area contributed by atoms with E-state index in [0.717, 1.165) is 4.31 Å². The van der Waals surface area contributed by atoms with Crippen LogP contribution in [0.3, 0.4) is 0 Å². The predicted octanol–water partition coefficient (Wildman–Crippen LogP) is -0.797. The number of hydrogen-bond acceptors (Lipinski definition) is 5. The minimum Gasteiger partial charge on any atom is -0.468 e. The molecule has 7 nitrogen and oxygen atoms in total. The molecule has 8 heteroatoms. The Hall–Kier alpha value is -1.41. The molecule has 0 radical (unpaired) electrons. The van der Waals surface area contributed by atoms with Gasteiger partial charge in [0.1, 0.15) is 11.4 Å². The van der Waals surface area contributed by atoms with E-state index in [1.165, 1.54) is 26.6 Å². The molecule has 1 rings (SSSR count). The fourth-order valence-electron chi connectivity index (χ4n) is 0.891. The van der Waals surface area contributed by atoms with Crippen molar-refractivity contribution in [2.75, 3.05) is 20.7 Å². The quantitative estimate of drug-likeness (QED) is 0.687. The van der Waals surface area contributed by atoms with Crippen LogP contribution in [0, 0.1) is 0 Å². The molecule has 0 aliphatic carbocycles. The maximum Gasteiger partial charge on any atom is 0.321 e. The number of esters is 1. The second-order valence-corrected chi connectivity index (χ2v) is 4.82. The molecule has 15 heavy (non-hydrogen) atoms. The molecule has 0 amide bonds. The van der Waals surface area contributed by atoms with Gasteiger partial charge >= 0.3 is 5.97 Å². The van der Waals surface area contributed by atoms with Gasteiger partial charge in [0.2, 0.25) is 10.0 Å². The smallest absolute Gasteiger partial charge is 0.321 e. The summed E-state index contributed by atoms with van der Waals surface area (Å²) in [7, 11) is -1.18. The van der Waals surface area contributed by atoms with E-state index in [2.05, 4.69) is 14.9 Å². The van der Waals surface area contributed by atoms with Crippen molar-refractivity contribution in [3.05, 3.63) is 12.4 Å². The van der Waals surface area contributed by atoms with Crippen molar-refractivity contribution in [1.82, 2.24) is 14.5 Å². The van der Waals surface area contributed by atoms with E-state index in [9.17, 15) is 13.2 Å². The number of aromatic nitrogens is 2. The lowest BCUT2D eigenvalue weighted by molar-refractivity contribution is -0.140. The van der Waals surface area contributed by atoms with Crippen LogP contribution in [0.4, 0.5) is 0 Å². The van der Waals surface area contributed by atoms with Gasteiger partial charge in [-0.15, -0.1) is 0 Å². The maximum atomic E-state index is 11.7. The lowest BCUT2D eigenvalue weighted by Crippen LogP contribution is -2.32. The topological polar surface area (TPSA) is 92.4 Å². The number of ether oxygens (including phenoxy) is 1. The number of hydrogen-bond donors (Lipinski definition) is 1. The number of sulfonamides is 1. The van der Waals surface area contributed by atoms with Crippen molar-refractivity contribution in [3.8, 4) is 0 Å². The van der Waals surface area contributed by atoms with Gasteiger partial charge in [0.05, 0.1) is 13.3 Å². The zero-order valence-corrected chi connectivity index (χ0v) is 9.11.